The number of benzene rings is 2. The smallest absolute Gasteiger partial charge is 0.234 e. The van der Waals surface area contributed by atoms with E-state index in [1.54, 1.807) is 30.5 Å². The van der Waals surface area contributed by atoms with Gasteiger partial charge in [0.1, 0.15) is 5.03 Å². The summed E-state index contributed by atoms with van der Waals surface area (Å²) >= 11 is 7.25. The van der Waals surface area contributed by atoms with Gasteiger partial charge in [-0.1, -0.05) is 53.7 Å². The number of halogens is 1. The number of fused-ring (bicyclic) bond motifs is 1. The van der Waals surface area contributed by atoms with Gasteiger partial charge in [-0.2, -0.15) is 5.10 Å². The van der Waals surface area contributed by atoms with Crippen molar-refractivity contribution in [3.63, 3.8) is 0 Å². The highest BCUT2D eigenvalue weighted by Crippen LogP contribution is 2.24. The van der Waals surface area contributed by atoms with Crippen LogP contribution >= 0.6 is 23.4 Å². The molecule has 3 rings (SSSR count). The first-order valence-electron chi connectivity index (χ1n) is 6.61. The Morgan fingerprint density at radius 1 is 1.18 bits per heavy atom. The minimum absolute atomic E-state index is 0.109. The van der Waals surface area contributed by atoms with Gasteiger partial charge in [-0.05, 0) is 18.2 Å². The van der Waals surface area contributed by atoms with Crippen LogP contribution < -0.4 is 5.32 Å². The zero-order chi connectivity index (χ0) is 15.4. The maximum atomic E-state index is 12.0. The third kappa shape index (κ3) is 3.55. The summed E-state index contributed by atoms with van der Waals surface area (Å²) in [5, 5.41) is 14.2. The second-order valence-electron chi connectivity index (χ2n) is 4.58. The Morgan fingerprint density at radius 3 is 2.91 bits per heavy atom. The van der Waals surface area contributed by atoms with E-state index in [0.29, 0.717) is 10.7 Å². The van der Waals surface area contributed by atoms with Gasteiger partial charge in [-0.25, -0.2) is 0 Å². The highest BCUT2D eigenvalue weighted by molar-refractivity contribution is 8.00. The molecule has 0 saturated heterocycles. The lowest BCUT2D eigenvalue weighted by atomic mass is 10.2. The fourth-order valence-corrected chi connectivity index (χ4v) is 2.98. The number of rotatable bonds is 4. The Balaban J connectivity index is 1.68. The first kappa shape index (κ1) is 14.8. The Kier molecular flexibility index (Phi) is 4.56. The quantitative estimate of drug-likeness (QED) is 0.735. The van der Waals surface area contributed by atoms with Crippen LogP contribution in [0.4, 0.5) is 5.69 Å². The van der Waals surface area contributed by atoms with Crippen molar-refractivity contribution in [2.24, 2.45) is 0 Å². The van der Waals surface area contributed by atoms with E-state index >= 15 is 0 Å². The molecule has 0 aliphatic rings. The summed E-state index contributed by atoms with van der Waals surface area (Å²) in [6.07, 6.45) is 1.71. The molecule has 0 spiro atoms. The molecule has 110 valence electrons. The fraction of sp³-hybridized carbons (Fsp3) is 0.0625. The molecule has 22 heavy (non-hydrogen) atoms. The molecule has 3 aromatic rings. The molecule has 2 aromatic carbocycles. The molecule has 0 fully saturated rings. The SMILES string of the molecule is O=C(CSc1nncc2ccccc12)Nc1cccc(Cl)c1. The van der Waals surface area contributed by atoms with Crippen molar-refractivity contribution in [2.75, 3.05) is 11.1 Å². The maximum Gasteiger partial charge on any atom is 0.234 e. The topological polar surface area (TPSA) is 54.9 Å². The van der Waals surface area contributed by atoms with E-state index in [1.807, 2.05) is 24.3 Å². The van der Waals surface area contributed by atoms with Crippen LogP contribution in [0.1, 0.15) is 0 Å². The lowest BCUT2D eigenvalue weighted by Crippen LogP contribution is -2.14. The van der Waals surface area contributed by atoms with Gasteiger partial charge in [0, 0.05) is 21.5 Å². The number of carbonyl (C=O) groups is 1. The number of hydrogen-bond acceptors (Lipinski definition) is 4. The number of nitrogens with one attached hydrogen (secondary N) is 1. The van der Waals surface area contributed by atoms with Crippen LogP contribution in [-0.4, -0.2) is 21.9 Å². The van der Waals surface area contributed by atoms with Crippen LogP contribution in [0, 0.1) is 0 Å². The highest BCUT2D eigenvalue weighted by Gasteiger charge is 2.08. The Morgan fingerprint density at radius 2 is 2.05 bits per heavy atom. The second kappa shape index (κ2) is 6.77. The van der Waals surface area contributed by atoms with Crippen LogP contribution in [0.5, 0.6) is 0 Å². The Hall–Kier alpha value is -2.11. The van der Waals surface area contributed by atoms with E-state index in [4.69, 9.17) is 11.6 Å². The number of carbonyl (C=O) groups excluding carboxylic acids is 1. The molecule has 4 nitrogen and oxygen atoms in total. The number of aromatic nitrogens is 2. The van der Waals surface area contributed by atoms with Crippen LogP contribution in [0.15, 0.2) is 59.8 Å². The summed E-state index contributed by atoms with van der Waals surface area (Å²) in [7, 11) is 0. The highest BCUT2D eigenvalue weighted by atomic mass is 35.5. The number of thioether (sulfide) groups is 1. The number of anilines is 1. The number of amides is 1. The van der Waals surface area contributed by atoms with E-state index in [2.05, 4.69) is 15.5 Å². The first-order chi connectivity index (χ1) is 10.7. The summed E-state index contributed by atoms with van der Waals surface area (Å²) < 4.78 is 0. The Bertz CT molecular complexity index is 820. The minimum Gasteiger partial charge on any atom is -0.325 e. The van der Waals surface area contributed by atoms with Gasteiger partial charge >= 0.3 is 0 Å². The van der Waals surface area contributed by atoms with Gasteiger partial charge in [0.15, 0.2) is 0 Å². The zero-order valence-corrected chi connectivity index (χ0v) is 13.1. The lowest BCUT2D eigenvalue weighted by Gasteiger charge is -2.06. The summed E-state index contributed by atoms with van der Waals surface area (Å²) in [6.45, 7) is 0. The van der Waals surface area contributed by atoms with Crippen molar-refractivity contribution in [1.82, 2.24) is 10.2 Å². The van der Waals surface area contributed by atoms with Gasteiger partial charge in [-0.15, -0.1) is 5.10 Å². The molecule has 0 aliphatic carbocycles. The molecular formula is C16H12ClN3OS. The van der Waals surface area contributed by atoms with E-state index in [1.165, 1.54) is 11.8 Å². The van der Waals surface area contributed by atoms with Gasteiger partial charge in [0.25, 0.3) is 0 Å². The molecule has 1 heterocycles. The van der Waals surface area contributed by atoms with Crippen LogP contribution in [0.3, 0.4) is 0 Å². The average molecular weight is 330 g/mol. The third-order valence-corrected chi connectivity index (χ3v) is 4.20. The molecular weight excluding hydrogens is 318 g/mol. The maximum absolute atomic E-state index is 12.0. The monoisotopic (exact) mass is 329 g/mol. The van der Waals surface area contributed by atoms with Crippen molar-refractivity contribution in [1.29, 1.82) is 0 Å². The molecule has 1 N–H and O–H groups in total. The van der Waals surface area contributed by atoms with Crippen LogP contribution in [-0.2, 0) is 4.79 Å². The number of hydrogen-bond donors (Lipinski definition) is 1. The standard InChI is InChI=1S/C16H12ClN3OS/c17-12-5-3-6-13(8-12)19-15(21)10-22-16-14-7-2-1-4-11(14)9-18-20-16/h1-9H,10H2,(H,19,21). The van der Waals surface area contributed by atoms with Crippen LogP contribution in [0.25, 0.3) is 10.8 Å². The van der Waals surface area contributed by atoms with Gasteiger partial charge in [0.05, 0.1) is 11.9 Å². The van der Waals surface area contributed by atoms with Crippen LogP contribution in [0.2, 0.25) is 5.02 Å². The van der Waals surface area contributed by atoms with Crippen molar-refractivity contribution in [3.05, 3.63) is 59.8 Å². The summed E-state index contributed by atoms with van der Waals surface area (Å²) in [4.78, 5) is 12.0. The molecule has 1 aromatic heterocycles. The zero-order valence-electron chi connectivity index (χ0n) is 11.5. The summed E-state index contributed by atoms with van der Waals surface area (Å²) in [5.41, 5.74) is 0.683. The Labute approximate surface area is 136 Å². The molecule has 0 bridgehead atoms. The van der Waals surface area contributed by atoms with Crippen molar-refractivity contribution in [2.45, 2.75) is 5.03 Å². The largest absolute Gasteiger partial charge is 0.325 e. The predicted octanol–water partition coefficient (Wildman–Crippen LogP) is 4.01. The normalized spacial score (nSPS) is 10.6. The van der Waals surface area contributed by atoms with E-state index in [0.717, 1.165) is 15.8 Å². The molecule has 0 unspecified atom stereocenters. The van der Waals surface area contributed by atoms with Crippen molar-refractivity contribution < 1.29 is 4.79 Å². The fourth-order valence-electron chi connectivity index (χ4n) is 2.01. The molecule has 6 heteroatoms. The van der Waals surface area contributed by atoms with Gasteiger partial charge in [0.2, 0.25) is 5.91 Å². The van der Waals surface area contributed by atoms with Gasteiger partial charge < -0.3 is 5.32 Å². The summed E-state index contributed by atoms with van der Waals surface area (Å²) in [6, 6.07) is 14.9. The molecule has 0 saturated carbocycles. The second-order valence-corrected chi connectivity index (χ2v) is 5.98. The first-order valence-corrected chi connectivity index (χ1v) is 7.97. The van der Waals surface area contributed by atoms with Crippen molar-refractivity contribution >= 4 is 45.7 Å². The summed E-state index contributed by atoms with van der Waals surface area (Å²) in [5.74, 6) is 0.150. The molecule has 0 aliphatic heterocycles. The van der Waals surface area contributed by atoms with E-state index in [-0.39, 0.29) is 11.7 Å². The van der Waals surface area contributed by atoms with Gasteiger partial charge in [-0.3, -0.25) is 4.79 Å². The lowest BCUT2D eigenvalue weighted by molar-refractivity contribution is -0.113. The average Bonchev–Trinajstić information content (AvgIpc) is 2.53. The predicted molar refractivity (Wildman–Crippen MR) is 90.3 cm³/mol. The van der Waals surface area contributed by atoms with E-state index in [9.17, 15) is 4.79 Å². The molecule has 0 atom stereocenters. The minimum atomic E-state index is -0.109. The number of nitrogens with zero attached hydrogens (tertiary/aromatic N) is 2. The molecule has 0 radical (unpaired) electrons. The van der Waals surface area contributed by atoms with Crippen molar-refractivity contribution in [3.8, 4) is 0 Å². The third-order valence-electron chi connectivity index (χ3n) is 2.98. The molecule has 1 amide bonds. The van der Waals surface area contributed by atoms with E-state index < -0.39 is 0 Å².